The molecule has 7 heteroatoms. The van der Waals surface area contributed by atoms with E-state index < -0.39 is 0 Å². The monoisotopic (exact) mass is 406 g/mol. The number of carbonyl (C=O) groups excluding carboxylic acids is 1. The highest BCUT2D eigenvalue weighted by molar-refractivity contribution is 6.35. The van der Waals surface area contributed by atoms with Crippen molar-refractivity contribution in [1.82, 2.24) is 9.55 Å². The van der Waals surface area contributed by atoms with Gasteiger partial charge in [0, 0.05) is 25.2 Å². The number of fused-ring (bicyclic) bond motifs is 2. The zero-order chi connectivity index (χ0) is 20.5. The van der Waals surface area contributed by atoms with E-state index in [2.05, 4.69) is 10.3 Å². The largest absolute Gasteiger partial charge is 0.375 e. The Morgan fingerprint density at radius 1 is 1.07 bits per heavy atom. The summed E-state index contributed by atoms with van der Waals surface area (Å²) >= 11 is 6.43. The highest BCUT2D eigenvalue weighted by Gasteiger charge is 2.18. The van der Waals surface area contributed by atoms with Gasteiger partial charge in [0.2, 0.25) is 0 Å². The van der Waals surface area contributed by atoms with E-state index in [1.165, 1.54) is 0 Å². The van der Waals surface area contributed by atoms with E-state index in [1.807, 2.05) is 49.3 Å². The Balaban J connectivity index is 2.06. The van der Waals surface area contributed by atoms with Gasteiger partial charge in [0.1, 0.15) is 17.8 Å². The molecule has 0 bridgehead atoms. The minimum Gasteiger partial charge on any atom is -0.375 e. The van der Waals surface area contributed by atoms with Crippen LogP contribution in [0.15, 0.2) is 59.4 Å². The average Bonchev–Trinajstić information content (AvgIpc) is 2.71. The lowest BCUT2D eigenvalue weighted by Gasteiger charge is -2.21. The van der Waals surface area contributed by atoms with Crippen molar-refractivity contribution in [3.05, 3.63) is 69.8 Å². The van der Waals surface area contributed by atoms with Gasteiger partial charge in [-0.25, -0.2) is 4.98 Å². The van der Waals surface area contributed by atoms with E-state index in [0.717, 1.165) is 12.0 Å². The van der Waals surface area contributed by atoms with Crippen molar-refractivity contribution >= 4 is 57.0 Å². The molecular formula is C22H19ClN4O2. The molecule has 0 fully saturated rings. The van der Waals surface area contributed by atoms with E-state index in [9.17, 15) is 9.59 Å². The van der Waals surface area contributed by atoms with Crippen LogP contribution in [-0.2, 0) is 11.3 Å². The molecule has 0 aliphatic rings. The molecule has 4 rings (SSSR count). The lowest BCUT2D eigenvalue weighted by Crippen LogP contribution is -2.18. The normalized spacial score (nSPS) is 11.0. The van der Waals surface area contributed by atoms with E-state index in [1.54, 1.807) is 28.8 Å². The summed E-state index contributed by atoms with van der Waals surface area (Å²) in [5.41, 5.74) is 2.43. The van der Waals surface area contributed by atoms with Crippen LogP contribution in [0, 0.1) is 0 Å². The maximum Gasteiger partial charge on any atom is 0.198 e. The fraction of sp³-hybridized carbons (Fsp3) is 0.136. The first-order valence-electron chi connectivity index (χ1n) is 9.10. The number of aldehydes is 1. The van der Waals surface area contributed by atoms with E-state index >= 15 is 0 Å². The van der Waals surface area contributed by atoms with Crippen molar-refractivity contribution in [1.29, 1.82) is 0 Å². The molecule has 1 N–H and O–H groups in total. The van der Waals surface area contributed by atoms with Crippen molar-refractivity contribution in [2.45, 2.75) is 6.54 Å². The number of pyridine rings is 2. The quantitative estimate of drug-likeness (QED) is 0.397. The molecule has 6 nitrogen and oxygen atoms in total. The molecule has 0 saturated carbocycles. The summed E-state index contributed by atoms with van der Waals surface area (Å²) in [6.45, 7) is 0.0518. The van der Waals surface area contributed by atoms with Gasteiger partial charge in [-0.2, -0.15) is 0 Å². The highest BCUT2D eigenvalue weighted by Crippen LogP contribution is 2.34. The maximum atomic E-state index is 13.2. The number of anilines is 3. The van der Waals surface area contributed by atoms with Crippen molar-refractivity contribution in [3.8, 4) is 0 Å². The Bertz CT molecular complexity index is 1280. The third kappa shape index (κ3) is 3.32. The average molecular weight is 407 g/mol. The predicted octanol–water partition coefficient (Wildman–Crippen LogP) is 4.21. The first-order valence-corrected chi connectivity index (χ1v) is 9.48. The number of nitrogens with one attached hydrogen (secondary N) is 1. The van der Waals surface area contributed by atoms with E-state index in [0.29, 0.717) is 38.5 Å². The molecule has 29 heavy (non-hydrogen) atoms. The third-order valence-electron chi connectivity index (χ3n) is 4.74. The van der Waals surface area contributed by atoms with E-state index in [-0.39, 0.29) is 12.0 Å². The summed E-state index contributed by atoms with van der Waals surface area (Å²) in [4.78, 5) is 31.2. The van der Waals surface area contributed by atoms with Crippen LogP contribution in [0.5, 0.6) is 0 Å². The minimum absolute atomic E-state index is 0.0518. The number of rotatable bonds is 5. The van der Waals surface area contributed by atoms with Gasteiger partial charge in [-0.1, -0.05) is 29.8 Å². The first kappa shape index (κ1) is 19.0. The van der Waals surface area contributed by atoms with Crippen molar-refractivity contribution in [2.24, 2.45) is 0 Å². The van der Waals surface area contributed by atoms with Crippen LogP contribution in [0.25, 0.3) is 21.9 Å². The second-order valence-electron chi connectivity index (χ2n) is 6.85. The van der Waals surface area contributed by atoms with Crippen LogP contribution in [0.4, 0.5) is 17.2 Å². The van der Waals surface area contributed by atoms with Gasteiger partial charge in [0.15, 0.2) is 5.43 Å². The predicted molar refractivity (Wildman–Crippen MR) is 119 cm³/mol. The lowest BCUT2D eigenvalue weighted by atomic mass is 10.1. The number of benzene rings is 2. The minimum atomic E-state index is -0.143. The van der Waals surface area contributed by atoms with Gasteiger partial charge in [-0.05, 0) is 36.4 Å². The number of halogens is 1. The van der Waals surface area contributed by atoms with Crippen molar-refractivity contribution in [2.75, 3.05) is 24.3 Å². The molecule has 0 spiro atoms. The molecular weight excluding hydrogens is 388 g/mol. The van der Waals surface area contributed by atoms with Gasteiger partial charge < -0.3 is 19.6 Å². The molecule has 146 valence electrons. The Morgan fingerprint density at radius 2 is 1.79 bits per heavy atom. The molecule has 0 radical (unpaired) electrons. The van der Waals surface area contributed by atoms with Crippen LogP contribution in [-0.4, -0.2) is 29.9 Å². The number of hydrogen-bond acceptors (Lipinski definition) is 5. The standard InChI is InChI=1S/C22H19ClN4O2/c1-26(2)20-17(23)10-8-15-19(20)27(12-13-28)22-16(21(15)29)9-11-18(25-22)24-14-6-4-3-5-7-14/h3-11,13H,12H2,1-2H3,(H,24,25). The van der Waals surface area contributed by atoms with Gasteiger partial charge in [0.25, 0.3) is 0 Å². The van der Waals surface area contributed by atoms with Gasteiger partial charge >= 0.3 is 0 Å². The summed E-state index contributed by atoms with van der Waals surface area (Å²) in [7, 11) is 3.70. The fourth-order valence-corrected chi connectivity index (χ4v) is 3.83. The second kappa shape index (κ2) is 7.56. The SMILES string of the molecule is CN(C)c1c(Cl)ccc2c(=O)c3ccc(Nc4ccccc4)nc3n(CC=O)c12. The fourth-order valence-electron chi connectivity index (χ4n) is 3.51. The summed E-state index contributed by atoms with van der Waals surface area (Å²) in [5, 5.41) is 4.68. The molecule has 0 aliphatic heterocycles. The lowest BCUT2D eigenvalue weighted by molar-refractivity contribution is -0.108. The number of para-hydroxylation sites is 1. The van der Waals surface area contributed by atoms with Crippen LogP contribution in [0.1, 0.15) is 0 Å². The Labute approximate surface area is 172 Å². The number of carbonyl (C=O) groups is 1. The highest BCUT2D eigenvalue weighted by atomic mass is 35.5. The molecule has 2 aromatic carbocycles. The van der Waals surface area contributed by atoms with Crippen LogP contribution in [0.2, 0.25) is 5.02 Å². The molecule has 0 aliphatic carbocycles. The van der Waals surface area contributed by atoms with Crippen molar-refractivity contribution < 1.29 is 4.79 Å². The smallest absolute Gasteiger partial charge is 0.198 e. The maximum absolute atomic E-state index is 13.2. The molecule has 0 unspecified atom stereocenters. The topological polar surface area (TPSA) is 67.2 Å². The molecule has 4 aromatic rings. The van der Waals surface area contributed by atoms with Crippen LogP contribution >= 0.6 is 11.6 Å². The molecule has 0 atom stereocenters. The third-order valence-corrected chi connectivity index (χ3v) is 5.05. The Morgan fingerprint density at radius 3 is 2.48 bits per heavy atom. The van der Waals surface area contributed by atoms with E-state index in [4.69, 9.17) is 11.6 Å². The zero-order valence-corrected chi connectivity index (χ0v) is 16.8. The molecule has 0 amide bonds. The van der Waals surface area contributed by atoms with Crippen molar-refractivity contribution in [3.63, 3.8) is 0 Å². The first-order chi connectivity index (χ1) is 14.0. The molecule has 0 saturated heterocycles. The van der Waals surface area contributed by atoms with Crippen LogP contribution < -0.4 is 15.6 Å². The zero-order valence-electron chi connectivity index (χ0n) is 16.0. The summed E-state index contributed by atoms with van der Waals surface area (Å²) in [6.07, 6.45) is 0.794. The van der Waals surface area contributed by atoms with Gasteiger partial charge in [0.05, 0.1) is 28.2 Å². The Hall–Kier alpha value is -3.38. The van der Waals surface area contributed by atoms with Crippen LogP contribution in [0.3, 0.4) is 0 Å². The number of aromatic nitrogens is 2. The number of nitrogens with zero attached hydrogens (tertiary/aromatic N) is 3. The summed E-state index contributed by atoms with van der Waals surface area (Å²) in [5.74, 6) is 0.579. The molecule has 2 aromatic heterocycles. The summed E-state index contributed by atoms with van der Waals surface area (Å²) in [6, 6.07) is 16.5. The molecule has 2 heterocycles. The van der Waals surface area contributed by atoms with Gasteiger partial charge in [-0.3, -0.25) is 4.79 Å². The number of hydrogen-bond donors (Lipinski definition) is 1. The Kier molecular flexibility index (Phi) is 4.94. The van der Waals surface area contributed by atoms with Gasteiger partial charge in [-0.15, -0.1) is 0 Å². The summed E-state index contributed by atoms with van der Waals surface area (Å²) < 4.78 is 1.75. The second-order valence-corrected chi connectivity index (χ2v) is 7.26.